The number of carbonyl (C=O) groups excluding carboxylic acids is 1. The normalized spacial score (nSPS) is 16.0. The molecule has 32 heavy (non-hydrogen) atoms. The maximum absolute atomic E-state index is 14.6. The van der Waals surface area contributed by atoms with Crippen molar-refractivity contribution in [1.29, 1.82) is 0 Å². The summed E-state index contributed by atoms with van der Waals surface area (Å²) in [7, 11) is 0. The third-order valence-electron chi connectivity index (χ3n) is 5.87. The van der Waals surface area contributed by atoms with Gasteiger partial charge < -0.3 is 5.32 Å². The van der Waals surface area contributed by atoms with Gasteiger partial charge in [-0.25, -0.2) is 13.8 Å². The average Bonchev–Trinajstić information content (AvgIpc) is 3.66. The van der Waals surface area contributed by atoms with Crippen molar-refractivity contribution in [1.82, 2.24) is 14.9 Å². The standard InChI is InChI=1S/C23H20ClF2N3O2S/c24-14-5-7-18-16(9-14)22(31)29(19-8-6-15(25)10-17(19)26)23(27-18)32-11-20(30)28-21(12-1-2-12)13-3-4-13/h5-10,12-13,21H,1-4,11H2,(H,28,30). The molecule has 0 unspecified atom stereocenters. The predicted molar refractivity (Wildman–Crippen MR) is 120 cm³/mol. The molecule has 3 aromatic rings. The van der Waals surface area contributed by atoms with Crippen LogP contribution < -0.4 is 10.9 Å². The van der Waals surface area contributed by atoms with Gasteiger partial charge in [-0.2, -0.15) is 0 Å². The molecule has 0 aliphatic heterocycles. The summed E-state index contributed by atoms with van der Waals surface area (Å²) >= 11 is 7.08. The molecule has 9 heteroatoms. The fourth-order valence-corrected chi connectivity index (χ4v) is 4.99. The molecule has 2 aromatic carbocycles. The van der Waals surface area contributed by atoms with E-state index in [-0.39, 0.29) is 33.9 Å². The first kappa shape index (κ1) is 21.4. The molecule has 2 aliphatic carbocycles. The maximum atomic E-state index is 14.6. The molecule has 0 bridgehead atoms. The van der Waals surface area contributed by atoms with Gasteiger partial charge in [0.15, 0.2) is 5.16 Å². The molecule has 2 aliphatic rings. The maximum Gasteiger partial charge on any atom is 0.266 e. The van der Waals surface area contributed by atoms with Gasteiger partial charge in [-0.3, -0.25) is 14.2 Å². The van der Waals surface area contributed by atoms with Crippen LogP contribution in [0.15, 0.2) is 46.3 Å². The van der Waals surface area contributed by atoms with Crippen LogP contribution in [0, 0.1) is 23.5 Å². The minimum atomic E-state index is -0.899. The second-order valence-corrected chi connectivity index (χ2v) is 9.73. The zero-order valence-electron chi connectivity index (χ0n) is 17.0. The zero-order chi connectivity index (χ0) is 22.4. The summed E-state index contributed by atoms with van der Waals surface area (Å²) in [6, 6.07) is 7.85. The molecule has 0 radical (unpaired) electrons. The van der Waals surface area contributed by atoms with Crippen molar-refractivity contribution in [3.63, 3.8) is 0 Å². The van der Waals surface area contributed by atoms with E-state index in [9.17, 15) is 18.4 Å². The Morgan fingerprint density at radius 3 is 2.53 bits per heavy atom. The number of thioether (sulfide) groups is 1. The SMILES string of the molecule is O=C(CSc1nc2ccc(Cl)cc2c(=O)n1-c1ccc(F)cc1F)NC(C1CC1)C1CC1. The second kappa shape index (κ2) is 8.48. The van der Waals surface area contributed by atoms with Gasteiger partial charge in [0.2, 0.25) is 5.91 Å². The third-order valence-corrected chi connectivity index (χ3v) is 7.04. The number of benzene rings is 2. The number of amides is 1. The smallest absolute Gasteiger partial charge is 0.266 e. The highest BCUT2D eigenvalue weighted by Crippen LogP contribution is 2.44. The van der Waals surface area contributed by atoms with Crippen LogP contribution in [0.1, 0.15) is 25.7 Å². The number of aromatic nitrogens is 2. The molecule has 2 fully saturated rings. The Morgan fingerprint density at radius 1 is 1.16 bits per heavy atom. The number of carbonyl (C=O) groups is 1. The molecule has 1 aromatic heterocycles. The van der Waals surface area contributed by atoms with Gasteiger partial charge in [-0.1, -0.05) is 23.4 Å². The van der Waals surface area contributed by atoms with E-state index in [1.807, 2.05) is 0 Å². The lowest BCUT2D eigenvalue weighted by Crippen LogP contribution is -2.39. The highest BCUT2D eigenvalue weighted by Gasteiger charge is 2.42. The van der Waals surface area contributed by atoms with Gasteiger partial charge in [0.25, 0.3) is 5.56 Å². The highest BCUT2D eigenvalue weighted by molar-refractivity contribution is 7.99. The van der Waals surface area contributed by atoms with E-state index in [2.05, 4.69) is 10.3 Å². The van der Waals surface area contributed by atoms with Crippen molar-refractivity contribution in [2.24, 2.45) is 11.8 Å². The Labute approximate surface area is 192 Å². The molecular formula is C23H20ClF2N3O2S. The topological polar surface area (TPSA) is 64.0 Å². The third kappa shape index (κ3) is 4.38. The number of nitrogens with zero attached hydrogens (tertiary/aromatic N) is 2. The van der Waals surface area contributed by atoms with E-state index in [1.54, 1.807) is 12.1 Å². The lowest BCUT2D eigenvalue weighted by atomic mass is 10.1. The quantitative estimate of drug-likeness (QED) is 0.397. The van der Waals surface area contributed by atoms with Crippen LogP contribution in [0.3, 0.4) is 0 Å². The number of halogens is 3. The van der Waals surface area contributed by atoms with E-state index >= 15 is 0 Å². The predicted octanol–water partition coefficient (Wildman–Crippen LogP) is 4.71. The lowest BCUT2D eigenvalue weighted by Gasteiger charge is -2.18. The fourth-order valence-electron chi connectivity index (χ4n) is 4.00. The first-order valence-corrected chi connectivity index (χ1v) is 11.9. The van der Waals surface area contributed by atoms with Crippen molar-refractivity contribution in [2.45, 2.75) is 36.9 Å². The van der Waals surface area contributed by atoms with Crippen molar-refractivity contribution in [3.8, 4) is 5.69 Å². The number of hydrogen-bond acceptors (Lipinski definition) is 4. The van der Waals surface area contributed by atoms with Gasteiger partial charge in [0.05, 0.1) is 22.3 Å². The minimum absolute atomic E-state index is 0.0320. The summed E-state index contributed by atoms with van der Waals surface area (Å²) in [5, 5.41) is 3.83. The van der Waals surface area contributed by atoms with E-state index < -0.39 is 17.2 Å². The van der Waals surface area contributed by atoms with Crippen LogP contribution in [0.5, 0.6) is 0 Å². The first-order chi connectivity index (χ1) is 15.4. The highest BCUT2D eigenvalue weighted by atomic mass is 35.5. The lowest BCUT2D eigenvalue weighted by molar-refractivity contribution is -0.119. The van der Waals surface area contributed by atoms with E-state index in [1.165, 1.54) is 12.1 Å². The first-order valence-electron chi connectivity index (χ1n) is 10.5. The summed E-state index contributed by atoms with van der Waals surface area (Å²) in [4.78, 5) is 30.4. The van der Waals surface area contributed by atoms with Crippen LogP contribution in [-0.2, 0) is 4.79 Å². The minimum Gasteiger partial charge on any atom is -0.352 e. The fraction of sp³-hybridized carbons (Fsp3) is 0.348. The monoisotopic (exact) mass is 475 g/mol. The summed E-state index contributed by atoms with van der Waals surface area (Å²) in [6.45, 7) is 0. The summed E-state index contributed by atoms with van der Waals surface area (Å²) in [6.07, 6.45) is 4.58. The van der Waals surface area contributed by atoms with Crippen LogP contribution in [-0.4, -0.2) is 27.3 Å². The number of nitrogens with one attached hydrogen (secondary N) is 1. The van der Waals surface area contributed by atoms with Gasteiger partial charge >= 0.3 is 0 Å². The molecule has 2 saturated carbocycles. The average molecular weight is 476 g/mol. The van der Waals surface area contributed by atoms with Crippen molar-refractivity contribution in [3.05, 3.63) is 63.4 Å². The van der Waals surface area contributed by atoms with Gasteiger partial charge in [-0.15, -0.1) is 0 Å². The van der Waals surface area contributed by atoms with E-state index in [0.717, 1.165) is 48.1 Å². The Hall–Kier alpha value is -2.45. The molecule has 166 valence electrons. The van der Waals surface area contributed by atoms with Gasteiger partial charge in [-0.05, 0) is 67.9 Å². The molecule has 1 heterocycles. The molecule has 5 rings (SSSR count). The van der Waals surface area contributed by atoms with Crippen molar-refractivity contribution in [2.75, 3.05) is 5.75 Å². The van der Waals surface area contributed by atoms with Crippen LogP contribution in [0.2, 0.25) is 5.02 Å². The molecule has 5 nitrogen and oxygen atoms in total. The van der Waals surface area contributed by atoms with Crippen molar-refractivity contribution < 1.29 is 13.6 Å². The van der Waals surface area contributed by atoms with Crippen LogP contribution in [0.4, 0.5) is 8.78 Å². The number of rotatable bonds is 7. The Bertz CT molecular complexity index is 1260. The van der Waals surface area contributed by atoms with E-state index in [4.69, 9.17) is 11.6 Å². The molecule has 1 N–H and O–H groups in total. The number of hydrogen-bond donors (Lipinski definition) is 1. The Morgan fingerprint density at radius 2 is 1.88 bits per heavy atom. The van der Waals surface area contributed by atoms with Gasteiger partial charge in [0, 0.05) is 17.1 Å². The Balaban J connectivity index is 1.48. The zero-order valence-corrected chi connectivity index (χ0v) is 18.6. The summed E-state index contributed by atoms with van der Waals surface area (Å²) in [5.41, 5.74) is -0.294. The molecule has 0 spiro atoms. The second-order valence-electron chi connectivity index (χ2n) is 8.35. The molecule has 0 saturated heterocycles. The molecule has 0 atom stereocenters. The summed E-state index contributed by atoms with van der Waals surface area (Å²) in [5.74, 6) is -0.641. The van der Waals surface area contributed by atoms with Crippen LogP contribution in [0.25, 0.3) is 16.6 Å². The van der Waals surface area contributed by atoms with Crippen LogP contribution >= 0.6 is 23.4 Å². The molecule has 1 amide bonds. The van der Waals surface area contributed by atoms with Crippen molar-refractivity contribution >= 4 is 40.2 Å². The largest absolute Gasteiger partial charge is 0.352 e. The Kier molecular flexibility index (Phi) is 5.67. The van der Waals surface area contributed by atoms with Gasteiger partial charge in [0.1, 0.15) is 11.6 Å². The molecular weight excluding hydrogens is 456 g/mol. The number of fused-ring (bicyclic) bond motifs is 1. The van der Waals surface area contributed by atoms with E-state index in [0.29, 0.717) is 28.4 Å². The summed E-state index contributed by atoms with van der Waals surface area (Å²) < 4.78 is 29.1.